The van der Waals surface area contributed by atoms with Crippen LogP contribution in [-0.4, -0.2) is 16.1 Å². The number of thiazole rings is 1. The number of carbonyl (C=O) groups is 1. The number of rotatable bonds is 2. The van der Waals surface area contributed by atoms with E-state index in [9.17, 15) is 4.79 Å². The van der Waals surface area contributed by atoms with E-state index >= 15 is 0 Å². The molecule has 1 amide bonds. The highest BCUT2D eigenvalue weighted by Gasteiger charge is 2.24. The van der Waals surface area contributed by atoms with Crippen LogP contribution in [0, 0.1) is 13.8 Å². The molecule has 2 heterocycles. The summed E-state index contributed by atoms with van der Waals surface area (Å²) in [5, 5.41) is 6.30. The Labute approximate surface area is 131 Å². The maximum Gasteiger partial charge on any atom is 0.264 e. The molecule has 4 nitrogen and oxygen atoms in total. The highest BCUT2D eigenvalue weighted by atomic mass is 32.2. The van der Waals surface area contributed by atoms with E-state index in [2.05, 4.69) is 15.3 Å². The number of aryl methyl sites for hydroxylation is 2. The fourth-order valence-electron chi connectivity index (χ4n) is 1.88. The quantitative estimate of drug-likeness (QED) is 0.861. The molecular weight excluding hydrogens is 302 g/mol. The Hall–Kier alpha value is -1.92. The number of nitrogens with zero attached hydrogens (tertiary/aromatic N) is 2. The van der Waals surface area contributed by atoms with E-state index in [4.69, 9.17) is 0 Å². The molecule has 0 spiro atoms. The van der Waals surface area contributed by atoms with Crippen LogP contribution in [0.25, 0.3) is 6.08 Å². The van der Waals surface area contributed by atoms with Crippen molar-refractivity contribution in [2.24, 2.45) is 4.99 Å². The van der Waals surface area contributed by atoms with Crippen molar-refractivity contribution in [1.29, 1.82) is 0 Å². The number of thioether (sulfide) groups is 1. The van der Waals surface area contributed by atoms with Crippen LogP contribution in [0.1, 0.15) is 16.3 Å². The van der Waals surface area contributed by atoms with Crippen molar-refractivity contribution in [1.82, 2.24) is 10.3 Å². The van der Waals surface area contributed by atoms with E-state index in [1.54, 1.807) is 17.4 Å². The Kier molecular flexibility index (Phi) is 3.90. The normalized spacial score (nSPS) is 18.5. The molecule has 1 aliphatic rings. The molecule has 106 valence electrons. The van der Waals surface area contributed by atoms with Crippen LogP contribution in [0.5, 0.6) is 0 Å². The fraction of sp³-hybridized carbons (Fsp3) is 0.133. The zero-order valence-electron chi connectivity index (χ0n) is 11.6. The maximum absolute atomic E-state index is 11.9. The minimum Gasteiger partial charge on any atom is -0.300 e. The number of aliphatic imine (C=N–C) groups is 1. The van der Waals surface area contributed by atoms with Crippen LogP contribution in [0.2, 0.25) is 0 Å². The van der Waals surface area contributed by atoms with E-state index < -0.39 is 0 Å². The summed E-state index contributed by atoms with van der Waals surface area (Å²) < 4.78 is 0. The second-order valence-electron chi connectivity index (χ2n) is 4.61. The Morgan fingerprint density at radius 3 is 2.90 bits per heavy atom. The highest BCUT2D eigenvalue weighted by Crippen LogP contribution is 2.28. The van der Waals surface area contributed by atoms with E-state index in [0.29, 0.717) is 10.1 Å². The molecule has 1 fully saturated rings. The minimum atomic E-state index is -0.128. The van der Waals surface area contributed by atoms with Crippen LogP contribution in [0.3, 0.4) is 0 Å². The average Bonchev–Trinajstić information content (AvgIpc) is 2.97. The van der Waals surface area contributed by atoms with Crippen molar-refractivity contribution in [2.45, 2.75) is 13.8 Å². The Balaban J connectivity index is 1.83. The van der Waals surface area contributed by atoms with Gasteiger partial charge in [-0.2, -0.15) is 0 Å². The molecule has 0 bridgehead atoms. The molecule has 3 rings (SSSR count). The zero-order valence-corrected chi connectivity index (χ0v) is 13.2. The second-order valence-corrected chi connectivity index (χ2v) is 6.70. The molecule has 1 saturated heterocycles. The number of hydrogen-bond acceptors (Lipinski definition) is 5. The van der Waals surface area contributed by atoms with Gasteiger partial charge in [-0.1, -0.05) is 12.1 Å². The molecular formula is C15H13N3OS2. The fourth-order valence-corrected chi connectivity index (χ4v) is 3.27. The lowest BCUT2D eigenvalue weighted by Gasteiger charge is -1.97. The van der Waals surface area contributed by atoms with Gasteiger partial charge in [0, 0.05) is 5.38 Å². The summed E-state index contributed by atoms with van der Waals surface area (Å²) in [5.41, 5.74) is 2.79. The first-order chi connectivity index (χ1) is 10.1. The molecule has 1 aliphatic heterocycles. The predicted molar refractivity (Wildman–Crippen MR) is 88.8 cm³/mol. The lowest BCUT2D eigenvalue weighted by atomic mass is 10.2. The van der Waals surface area contributed by atoms with Crippen molar-refractivity contribution in [3.05, 3.63) is 50.8 Å². The summed E-state index contributed by atoms with van der Waals surface area (Å²) in [6, 6.07) is 7.86. The van der Waals surface area contributed by atoms with E-state index in [1.165, 1.54) is 11.8 Å². The summed E-state index contributed by atoms with van der Waals surface area (Å²) in [6.07, 6.45) is 1.79. The maximum atomic E-state index is 11.9. The molecule has 0 unspecified atom stereocenters. The van der Waals surface area contributed by atoms with Crippen LogP contribution < -0.4 is 5.32 Å². The molecule has 0 aliphatic carbocycles. The van der Waals surface area contributed by atoms with Crippen molar-refractivity contribution in [3.8, 4) is 0 Å². The van der Waals surface area contributed by atoms with Crippen molar-refractivity contribution >= 4 is 45.9 Å². The van der Waals surface area contributed by atoms with Crippen molar-refractivity contribution in [2.75, 3.05) is 0 Å². The summed E-state index contributed by atoms with van der Waals surface area (Å²) in [7, 11) is 0. The molecule has 0 radical (unpaired) electrons. The van der Waals surface area contributed by atoms with Crippen molar-refractivity contribution < 1.29 is 4.79 Å². The van der Waals surface area contributed by atoms with Gasteiger partial charge in [0.05, 0.1) is 21.3 Å². The summed E-state index contributed by atoms with van der Waals surface area (Å²) in [6.45, 7) is 3.96. The number of nitrogens with one attached hydrogen (secondary N) is 1. The standard InChI is InChI=1S/C15H13N3OS2/c1-9-4-3-5-11(6-9)17-15-18-14(19)13(21-15)7-12-8-20-10(2)16-12/h3-8H,1-2H3,(H,17,18,19). The summed E-state index contributed by atoms with van der Waals surface area (Å²) in [4.78, 5) is 21.4. The Bertz CT molecular complexity index is 762. The van der Waals surface area contributed by atoms with Gasteiger partial charge in [-0.15, -0.1) is 11.3 Å². The number of amides is 1. The average molecular weight is 315 g/mol. The molecule has 2 aromatic rings. The van der Waals surface area contributed by atoms with Crippen molar-refractivity contribution in [3.63, 3.8) is 0 Å². The second kappa shape index (κ2) is 5.83. The van der Waals surface area contributed by atoms with Gasteiger partial charge in [0.2, 0.25) is 0 Å². The first-order valence-electron chi connectivity index (χ1n) is 6.38. The number of benzene rings is 1. The highest BCUT2D eigenvalue weighted by molar-refractivity contribution is 8.18. The van der Waals surface area contributed by atoms with Gasteiger partial charge < -0.3 is 5.32 Å². The number of hydrogen-bond donors (Lipinski definition) is 1. The van der Waals surface area contributed by atoms with Gasteiger partial charge in [0.25, 0.3) is 5.91 Å². The third-order valence-corrected chi connectivity index (χ3v) is 4.50. The third-order valence-electron chi connectivity index (χ3n) is 2.80. The molecule has 0 saturated carbocycles. The summed E-state index contributed by atoms with van der Waals surface area (Å²) >= 11 is 2.91. The SMILES string of the molecule is Cc1cccc(N=C2NC(=O)C(=Cc3csc(C)n3)S2)c1. The third kappa shape index (κ3) is 3.40. The molecule has 1 aromatic carbocycles. The van der Waals surface area contributed by atoms with E-state index in [-0.39, 0.29) is 5.91 Å². The minimum absolute atomic E-state index is 0.128. The largest absolute Gasteiger partial charge is 0.300 e. The van der Waals surface area contributed by atoms with Crippen LogP contribution in [-0.2, 0) is 4.79 Å². The topological polar surface area (TPSA) is 54.4 Å². The van der Waals surface area contributed by atoms with Crippen LogP contribution in [0.4, 0.5) is 5.69 Å². The van der Waals surface area contributed by atoms with Gasteiger partial charge in [-0.05, 0) is 49.4 Å². The Morgan fingerprint density at radius 1 is 1.33 bits per heavy atom. The number of carbonyl (C=O) groups excluding carboxylic acids is 1. The lowest BCUT2D eigenvalue weighted by molar-refractivity contribution is -0.115. The van der Waals surface area contributed by atoms with Gasteiger partial charge in [0.1, 0.15) is 0 Å². The molecule has 0 atom stereocenters. The number of aromatic nitrogens is 1. The lowest BCUT2D eigenvalue weighted by Crippen LogP contribution is -2.19. The van der Waals surface area contributed by atoms with Crippen LogP contribution >= 0.6 is 23.1 Å². The molecule has 1 N–H and O–H groups in total. The monoisotopic (exact) mass is 315 g/mol. The summed E-state index contributed by atoms with van der Waals surface area (Å²) in [5.74, 6) is -0.128. The van der Waals surface area contributed by atoms with E-state index in [1.807, 2.05) is 43.5 Å². The molecule has 6 heteroatoms. The zero-order chi connectivity index (χ0) is 14.8. The number of amidine groups is 1. The first kappa shape index (κ1) is 14.0. The Morgan fingerprint density at radius 2 is 2.19 bits per heavy atom. The smallest absolute Gasteiger partial charge is 0.264 e. The van der Waals surface area contributed by atoms with Gasteiger partial charge in [-0.3, -0.25) is 4.79 Å². The predicted octanol–water partition coefficient (Wildman–Crippen LogP) is 3.65. The van der Waals surface area contributed by atoms with Crippen LogP contribution in [0.15, 0.2) is 39.5 Å². The molecule has 1 aromatic heterocycles. The first-order valence-corrected chi connectivity index (χ1v) is 8.08. The van der Waals surface area contributed by atoms with E-state index in [0.717, 1.165) is 22.0 Å². The van der Waals surface area contributed by atoms with Gasteiger partial charge in [-0.25, -0.2) is 9.98 Å². The molecule has 21 heavy (non-hydrogen) atoms. The van der Waals surface area contributed by atoms with Gasteiger partial charge in [0.15, 0.2) is 5.17 Å². The van der Waals surface area contributed by atoms with Gasteiger partial charge >= 0.3 is 0 Å².